The van der Waals surface area contributed by atoms with Crippen LogP contribution in [-0.4, -0.2) is 43.0 Å². The Morgan fingerprint density at radius 1 is 1.42 bits per heavy atom. The molecule has 8 nitrogen and oxygen atoms in total. The number of aromatic nitrogens is 5. The summed E-state index contributed by atoms with van der Waals surface area (Å²) in [7, 11) is 1.72. The van der Waals surface area contributed by atoms with Gasteiger partial charge in [-0.1, -0.05) is 5.16 Å². The summed E-state index contributed by atoms with van der Waals surface area (Å²) in [5, 5.41) is 15.3. The highest BCUT2D eigenvalue weighted by molar-refractivity contribution is 5.92. The molecule has 0 saturated heterocycles. The smallest absolute Gasteiger partial charge is 0.274 e. The van der Waals surface area contributed by atoms with E-state index in [2.05, 4.69) is 20.5 Å². The molecule has 3 aromatic heterocycles. The Kier molecular flexibility index (Phi) is 4.20. The fourth-order valence-electron chi connectivity index (χ4n) is 2.54. The predicted octanol–water partition coefficient (Wildman–Crippen LogP) is 2.09. The summed E-state index contributed by atoms with van der Waals surface area (Å²) in [6.07, 6.45) is 1.49. The minimum Gasteiger partial charge on any atom is -0.364 e. The fourth-order valence-corrected chi connectivity index (χ4v) is 2.54. The summed E-state index contributed by atoms with van der Waals surface area (Å²) in [5.74, 6) is -0.179. The van der Waals surface area contributed by atoms with E-state index >= 15 is 0 Å². The van der Waals surface area contributed by atoms with E-state index in [1.807, 2.05) is 31.5 Å². The fraction of sp³-hybridized carbons (Fsp3) is 0.375. The molecule has 0 aliphatic rings. The molecule has 0 aliphatic carbocycles. The zero-order chi connectivity index (χ0) is 17.3. The standard InChI is InChI=1S/C16H20N6O2/c1-10-7-11(2)22(19-10)9-13-8-15(18-17-13)16(23)21(4)12(3)14-5-6-24-20-14/h5-8,12H,9H2,1-4H3,(H,17,18)/t12-/m1/s1. The first-order valence-electron chi connectivity index (χ1n) is 7.68. The van der Waals surface area contributed by atoms with E-state index in [-0.39, 0.29) is 11.9 Å². The number of aryl methyl sites for hydroxylation is 2. The van der Waals surface area contributed by atoms with E-state index in [1.54, 1.807) is 24.1 Å². The predicted molar refractivity (Wildman–Crippen MR) is 86.4 cm³/mol. The Bertz CT molecular complexity index is 833. The van der Waals surface area contributed by atoms with Crippen LogP contribution < -0.4 is 0 Å². The first-order valence-corrected chi connectivity index (χ1v) is 7.68. The van der Waals surface area contributed by atoms with Crippen molar-refractivity contribution in [2.24, 2.45) is 0 Å². The van der Waals surface area contributed by atoms with Gasteiger partial charge in [-0.25, -0.2) is 0 Å². The maximum absolute atomic E-state index is 12.6. The van der Waals surface area contributed by atoms with Gasteiger partial charge < -0.3 is 9.42 Å². The average molecular weight is 328 g/mol. The molecule has 126 valence electrons. The van der Waals surface area contributed by atoms with Crippen LogP contribution >= 0.6 is 0 Å². The third-order valence-electron chi connectivity index (χ3n) is 4.06. The minimum absolute atomic E-state index is 0.179. The number of amides is 1. The van der Waals surface area contributed by atoms with Crippen LogP contribution in [0.1, 0.15) is 46.2 Å². The van der Waals surface area contributed by atoms with Crippen molar-refractivity contribution >= 4 is 5.91 Å². The molecule has 0 spiro atoms. The van der Waals surface area contributed by atoms with Crippen LogP contribution in [0, 0.1) is 13.8 Å². The van der Waals surface area contributed by atoms with Gasteiger partial charge >= 0.3 is 0 Å². The van der Waals surface area contributed by atoms with E-state index in [9.17, 15) is 4.79 Å². The molecule has 1 N–H and O–H groups in total. The largest absolute Gasteiger partial charge is 0.364 e. The third-order valence-corrected chi connectivity index (χ3v) is 4.06. The van der Waals surface area contributed by atoms with Crippen molar-refractivity contribution in [3.05, 3.63) is 52.9 Å². The van der Waals surface area contributed by atoms with Crippen molar-refractivity contribution < 1.29 is 9.32 Å². The van der Waals surface area contributed by atoms with Gasteiger partial charge in [-0.15, -0.1) is 0 Å². The molecule has 0 radical (unpaired) electrons. The van der Waals surface area contributed by atoms with E-state index in [4.69, 9.17) is 4.52 Å². The normalized spacial score (nSPS) is 12.3. The molecule has 0 bridgehead atoms. The molecule has 0 unspecified atom stereocenters. The van der Waals surface area contributed by atoms with Crippen LogP contribution in [0.5, 0.6) is 0 Å². The lowest BCUT2D eigenvalue weighted by atomic mass is 10.2. The summed E-state index contributed by atoms with van der Waals surface area (Å²) in [6, 6.07) is 5.31. The Morgan fingerprint density at radius 3 is 2.83 bits per heavy atom. The summed E-state index contributed by atoms with van der Waals surface area (Å²) in [5.41, 5.74) is 3.91. The molecule has 8 heteroatoms. The van der Waals surface area contributed by atoms with Crippen molar-refractivity contribution in [1.82, 2.24) is 30.0 Å². The molecule has 3 heterocycles. The van der Waals surface area contributed by atoms with Gasteiger partial charge in [0.05, 0.1) is 24.0 Å². The summed E-state index contributed by atoms with van der Waals surface area (Å²) < 4.78 is 6.71. The second-order valence-electron chi connectivity index (χ2n) is 5.88. The average Bonchev–Trinajstić information content (AvgIpc) is 3.28. The van der Waals surface area contributed by atoms with Crippen LogP contribution in [-0.2, 0) is 6.54 Å². The Hall–Kier alpha value is -2.90. The monoisotopic (exact) mass is 328 g/mol. The number of nitrogens with zero attached hydrogens (tertiary/aromatic N) is 5. The molecular formula is C16H20N6O2. The number of carbonyl (C=O) groups is 1. The lowest BCUT2D eigenvalue weighted by Crippen LogP contribution is -2.30. The van der Waals surface area contributed by atoms with E-state index in [0.29, 0.717) is 17.9 Å². The zero-order valence-electron chi connectivity index (χ0n) is 14.1. The quantitative estimate of drug-likeness (QED) is 0.774. The molecule has 0 aromatic carbocycles. The number of hydrogen-bond acceptors (Lipinski definition) is 5. The summed E-state index contributed by atoms with van der Waals surface area (Å²) in [6.45, 7) is 6.38. The molecule has 1 amide bonds. The lowest BCUT2D eigenvalue weighted by molar-refractivity contribution is 0.0731. The number of nitrogens with one attached hydrogen (secondary N) is 1. The number of carbonyl (C=O) groups excluding carboxylic acids is 1. The first-order chi connectivity index (χ1) is 11.5. The highest BCUT2D eigenvalue weighted by Crippen LogP contribution is 2.18. The van der Waals surface area contributed by atoms with Gasteiger partial charge in [0.1, 0.15) is 17.7 Å². The Balaban J connectivity index is 1.72. The van der Waals surface area contributed by atoms with Crippen LogP contribution in [0.4, 0.5) is 0 Å². The van der Waals surface area contributed by atoms with Gasteiger partial charge in [-0.05, 0) is 32.9 Å². The topological polar surface area (TPSA) is 92.8 Å². The molecule has 1 atom stereocenters. The van der Waals surface area contributed by atoms with Crippen LogP contribution in [0.3, 0.4) is 0 Å². The van der Waals surface area contributed by atoms with Gasteiger partial charge in [0, 0.05) is 18.8 Å². The maximum Gasteiger partial charge on any atom is 0.274 e. The summed E-state index contributed by atoms with van der Waals surface area (Å²) in [4.78, 5) is 14.2. The lowest BCUT2D eigenvalue weighted by Gasteiger charge is -2.21. The zero-order valence-corrected chi connectivity index (χ0v) is 14.1. The van der Waals surface area contributed by atoms with Crippen LogP contribution in [0.25, 0.3) is 0 Å². The van der Waals surface area contributed by atoms with Crippen LogP contribution in [0.15, 0.2) is 29.0 Å². The van der Waals surface area contributed by atoms with E-state index < -0.39 is 0 Å². The SMILES string of the molecule is Cc1cc(C)n(Cc2cc(C(=O)N(C)[C@H](C)c3ccon3)n[nH]2)n1. The molecule has 0 fully saturated rings. The number of rotatable bonds is 5. The minimum atomic E-state index is -0.201. The van der Waals surface area contributed by atoms with Gasteiger partial charge in [0.2, 0.25) is 0 Å². The van der Waals surface area contributed by atoms with E-state index in [1.165, 1.54) is 6.26 Å². The molecule has 3 rings (SSSR count). The maximum atomic E-state index is 12.6. The summed E-state index contributed by atoms with van der Waals surface area (Å²) >= 11 is 0. The highest BCUT2D eigenvalue weighted by Gasteiger charge is 2.23. The van der Waals surface area contributed by atoms with Crippen LogP contribution in [0.2, 0.25) is 0 Å². The molecular weight excluding hydrogens is 308 g/mol. The van der Waals surface area contributed by atoms with Crippen molar-refractivity contribution in [2.45, 2.75) is 33.4 Å². The number of H-pyrrole nitrogens is 1. The number of hydrogen-bond donors (Lipinski definition) is 1. The Labute approximate surface area is 139 Å². The number of aromatic amines is 1. The van der Waals surface area contributed by atoms with Gasteiger partial charge in [-0.2, -0.15) is 10.2 Å². The molecule has 3 aromatic rings. The second-order valence-corrected chi connectivity index (χ2v) is 5.88. The van der Waals surface area contributed by atoms with Crippen molar-refractivity contribution in [3.63, 3.8) is 0 Å². The Morgan fingerprint density at radius 2 is 2.21 bits per heavy atom. The first kappa shape index (κ1) is 16.0. The van der Waals surface area contributed by atoms with Crippen molar-refractivity contribution in [1.29, 1.82) is 0 Å². The molecule has 24 heavy (non-hydrogen) atoms. The third kappa shape index (κ3) is 3.08. The molecule has 0 saturated carbocycles. The van der Waals surface area contributed by atoms with Gasteiger partial charge in [0.25, 0.3) is 5.91 Å². The molecule has 0 aliphatic heterocycles. The van der Waals surface area contributed by atoms with Crippen molar-refractivity contribution in [3.8, 4) is 0 Å². The van der Waals surface area contributed by atoms with Crippen molar-refractivity contribution in [2.75, 3.05) is 7.05 Å². The second kappa shape index (κ2) is 6.31. The van der Waals surface area contributed by atoms with E-state index in [0.717, 1.165) is 17.1 Å². The van der Waals surface area contributed by atoms with Gasteiger partial charge in [-0.3, -0.25) is 14.6 Å². The van der Waals surface area contributed by atoms with Gasteiger partial charge in [0.15, 0.2) is 0 Å². The highest BCUT2D eigenvalue weighted by atomic mass is 16.5.